The topological polar surface area (TPSA) is 52.0 Å². The minimum Gasteiger partial charge on any atom is -0.399 e. The van der Waals surface area contributed by atoms with E-state index in [1.165, 1.54) is 22.3 Å². The Labute approximate surface area is 142 Å². The summed E-state index contributed by atoms with van der Waals surface area (Å²) in [5.41, 5.74) is 19.8. The van der Waals surface area contributed by atoms with Crippen LogP contribution in [0.15, 0.2) is 45.8 Å². The lowest BCUT2D eigenvalue weighted by Crippen LogP contribution is -2.39. The maximum atomic E-state index is 6.26. The summed E-state index contributed by atoms with van der Waals surface area (Å²) in [7, 11) is 0. The number of nitrogens with two attached hydrogens (primary N) is 2. The van der Waals surface area contributed by atoms with Crippen molar-refractivity contribution in [1.82, 2.24) is 0 Å². The van der Waals surface area contributed by atoms with Gasteiger partial charge in [0, 0.05) is 11.4 Å². The fourth-order valence-corrected chi connectivity index (χ4v) is 4.70. The molecule has 4 unspecified atom stereocenters. The molecule has 4 atom stereocenters. The zero-order valence-electron chi connectivity index (χ0n) is 16.2. The molecule has 0 aromatic carbocycles. The molecule has 2 rings (SSSR count). The van der Waals surface area contributed by atoms with E-state index in [2.05, 4.69) is 67.5 Å². The van der Waals surface area contributed by atoms with E-state index in [0.717, 1.165) is 17.8 Å². The van der Waals surface area contributed by atoms with Gasteiger partial charge in [-0.1, -0.05) is 39.8 Å². The molecule has 0 aromatic heterocycles. The summed E-state index contributed by atoms with van der Waals surface area (Å²) in [4.78, 5) is 0. The smallest absolute Gasteiger partial charge is 0.0332 e. The zero-order valence-corrected chi connectivity index (χ0v) is 16.2. The quantitative estimate of drug-likeness (QED) is 0.749. The Morgan fingerprint density at radius 1 is 0.783 bits per heavy atom. The summed E-state index contributed by atoms with van der Waals surface area (Å²) >= 11 is 0. The maximum absolute atomic E-state index is 6.26. The Morgan fingerprint density at radius 2 is 1.09 bits per heavy atom. The molecule has 0 spiro atoms. The first-order valence-electron chi connectivity index (χ1n) is 8.75. The van der Waals surface area contributed by atoms with Crippen molar-refractivity contribution in [2.45, 2.75) is 61.8 Å². The Kier molecular flexibility index (Phi) is 4.34. The third-order valence-electron chi connectivity index (χ3n) is 6.83. The molecule has 0 heterocycles. The van der Waals surface area contributed by atoms with Gasteiger partial charge in [0.15, 0.2) is 0 Å². The lowest BCUT2D eigenvalue weighted by molar-refractivity contribution is 0.157. The van der Waals surface area contributed by atoms with Gasteiger partial charge in [0.25, 0.3) is 0 Å². The third-order valence-corrected chi connectivity index (χ3v) is 6.83. The normalized spacial score (nSPS) is 38.6. The predicted octanol–water partition coefficient (Wildman–Crippen LogP) is 5.05. The number of allylic oxidation sites excluding steroid dienone is 6. The average molecular weight is 315 g/mol. The van der Waals surface area contributed by atoms with Crippen LogP contribution >= 0.6 is 0 Å². The first kappa shape index (κ1) is 17.9. The van der Waals surface area contributed by atoms with Gasteiger partial charge in [0.05, 0.1) is 0 Å². The standard InChI is InChI=1S/C21H34N2/c1-12-9-20(7,16(5)14(3)18(12)22)11-21(8)10-13(2)19(23)15(4)17(21)6/h9-10,16-17H,11,22-23H2,1-8H3. The highest BCUT2D eigenvalue weighted by molar-refractivity contribution is 5.41. The highest BCUT2D eigenvalue weighted by Crippen LogP contribution is 2.53. The van der Waals surface area contributed by atoms with Gasteiger partial charge in [-0.05, 0) is 79.1 Å². The van der Waals surface area contributed by atoms with E-state index in [-0.39, 0.29) is 10.8 Å². The summed E-state index contributed by atoms with van der Waals surface area (Å²) in [5.74, 6) is 0.903. The van der Waals surface area contributed by atoms with Crippen molar-refractivity contribution in [2.24, 2.45) is 34.1 Å². The summed E-state index contributed by atoms with van der Waals surface area (Å²) < 4.78 is 0. The van der Waals surface area contributed by atoms with Gasteiger partial charge in [-0.25, -0.2) is 0 Å². The Bertz CT molecular complexity index is 591. The highest BCUT2D eigenvalue weighted by Gasteiger charge is 2.44. The van der Waals surface area contributed by atoms with Gasteiger partial charge in [-0.2, -0.15) is 0 Å². The van der Waals surface area contributed by atoms with Crippen molar-refractivity contribution in [3.8, 4) is 0 Å². The molecule has 0 aliphatic heterocycles. The first-order chi connectivity index (χ1) is 10.4. The Balaban J connectivity index is 2.43. The summed E-state index contributed by atoms with van der Waals surface area (Å²) in [6.45, 7) is 18.0. The van der Waals surface area contributed by atoms with E-state index in [4.69, 9.17) is 11.5 Å². The minimum absolute atomic E-state index is 0.114. The number of hydrogen-bond donors (Lipinski definition) is 2. The SMILES string of the molecule is CC1=CC(C)(CC2(C)C=C(C)C(N)=C(C)C2C)C(C)C(C)=C1N. The molecule has 2 nitrogen and oxygen atoms in total. The molecular formula is C21H34N2. The van der Waals surface area contributed by atoms with E-state index in [1.54, 1.807) is 0 Å². The molecule has 0 amide bonds. The van der Waals surface area contributed by atoms with Crippen LogP contribution in [-0.2, 0) is 0 Å². The molecule has 0 radical (unpaired) electrons. The summed E-state index contributed by atoms with van der Waals surface area (Å²) in [5, 5.41) is 0. The second-order valence-corrected chi connectivity index (χ2v) is 8.48. The van der Waals surface area contributed by atoms with Crippen LogP contribution in [0.3, 0.4) is 0 Å². The second kappa shape index (κ2) is 5.58. The van der Waals surface area contributed by atoms with E-state index in [1.807, 2.05) is 0 Å². The molecule has 2 aliphatic rings. The summed E-state index contributed by atoms with van der Waals surface area (Å²) in [6, 6.07) is 0. The van der Waals surface area contributed by atoms with Gasteiger partial charge in [-0.3, -0.25) is 0 Å². The van der Waals surface area contributed by atoms with Crippen LogP contribution in [0.2, 0.25) is 0 Å². The fraction of sp³-hybridized carbons (Fsp3) is 0.619. The monoisotopic (exact) mass is 314 g/mol. The van der Waals surface area contributed by atoms with E-state index < -0.39 is 0 Å². The van der Waals surface area contributed by atoms with Crippen molar-refractivity contribution in [3.05, 3.63) is 45.8 Å². The highest BCUT2D eigenvalue weighted by atomic mass is 14.6. The van der Waals surface area contributed by atoms with Gasteiger partial charge in [0.2, 0.25) is 0 Å². The molecule has 0 saturated carbocycles. The molecule has 2 aliphatic carbocycles. The molecule has 0 aromatic rings. The van der Waals surface area contributed by atoms with Gasteiger partial charge < -0.3 is 11.5 Å². The molecule has 0 bridgehead atoms. The van der Waals surface area contributed by atoms with E-state index >= 15 is 0 Å². The first-order valence-corrected chi connectivity index (χ1v) is 8.75. The molecule has 128 valence electrons. The largest absolute Gasteiger partial charge is 0.399 e. The second-order valence-electron chi connectivity index (χ2n) is 8.48. The third kappa shape index (κ3) is 2.77. The molecular weight excluding hydrogens is 280 g/mol. The number of rotatable bonds is 2. The van der Waals surface area contributed by atoms with Crippen LogP contribution in [0.1, 0.15) is 61.8 Å². The van der Waals surface area contributed by atoms with Crippen molar-refractivity contribution < 1.29 is 0 Å². The molecule has 0 fully saturated rings. The van der Waals surface area contributed by atoms with Crippen LogP contribution in [0.4, 0.5) is 0 Å². The van der Waals surface area contributed by atoms with Gasteiger partial charge in [0.1, 0.15) is 0 Å². The van der Waals surface area contributed by atoms with Gasteiger partial charge in [-0.15, -0.1) is 0 Å². The van der Waals surface area contributed by atoms with E-state index in [0.29, 0.717) is 11.8 Å². The lowest BCUT2D eigenvalue weighted by Gasteiger charge is -2.47. The van der Waals surface area contributed by atoms with Crippen molar-refractivity contribution in [1.29, 1.82) is 0 Å². The minimum atomic E-state index is 0.114. The van der Waals surface area contributed by atoms with Crippen LogP contribution < -0.4 is 11.5 Å². The van der Waals surface area contributed by atoms with Crippen molar-refractivity contribution >= 4 is 0 Å². The molecule has 0 saturated heterocycles. The maximum Gasteiger partial charge on any atom is 0.0332 e. The molecule has 23 heavy (non-hydrogen) atoms. The molecule has 4 N–H and O–H groups in total. The summed E-state index contributed by atoms with van der Waals surface area (Å²) in [6.07, 6.45) is 5.91. The molecule has 2 heteroatoms. The average Bonchev–Trinajstić information content (AvgIpc) is 2.47. The van der Waals surface area contributed by atoms with Crippen LogP contribution in [-0.4, -0.2) is 0 Å². The zero-order chi connectivity index (χ0) is 17.7. The number of hydrogen-bond acceptors (Lipinski definition) is 2. The van der Waals surface area contributed by atoms with Gasteiger partial charge >= 0.3 is 0 Å². The van der Waals surface area contributed by atoms with E-state index in [9.17, 15) is 0 Å². The van der Waals surface area contributed by atoms with Crippen molar-refractivity contribution in [2.75, 3.05) is 0 Å². The predicted molar refractivity (Wildman–Crippen MR) is 100 cm³/mol. The van der Waals surface area contributed by atoms with Crippen LogP contribution in [0.25, 0.3) is 0 Å². The Hall–Kier alpha value is -1.44. The van der Waals surface area contributed by atoms with Crippen molar-refractivity contribution in [3.63, 3.8) is 0 Å². The van der Waals surface area contributed by atoms with Crippen LogP contribution in [0.5, 0.6) is 0 Å². The Morgan fingerprint density at radius 3 is 1.39 bits per heavy atom. The fourth-order valence-electron chi connectivity index (χ4n) is 4.70. The van der Waals surface area contributed by atoms with Crippen LogP contribution in [0, 0.1) is 22.7 Å². The lowest BCUT2D eigenvalue weighted by atomic mass is 9.57.